The SMILES string of the molecule is COC(=O)CCNC(=O)C[C@@H](NC(=O)CCNC(=O)C[C@@H](NC(=O)OC(C)(C)C)[C@H]1O[C@H](OC)[C@H]2OC(C)(C)O[C@H]21)[C@H]1O[C@H](OC)[C@H]2OC(C)(C)O[C@H]21. The first-order valence-corrected chi connectivity index (χ1v) is 17.7. The van der Waals surface area contributed by atoms with E-state index in [2.05, 4.69) is 26.0 Å². The number of hydrogen-bond acceptors (Lipinski definition) is 15. The smallest absolute Gasteiger partial charge is 0.407 e. The van der Waals surface area contributed by atoms with Crippen LogP contribution in [0, 0.1) is 0 Å². The number of methoxy groups -OCH3 is 3. The van der Waals surface area contributed by atoms with Crippen LogP contribution in [-0.2, 0) is 66.5 Å². The van der Waals surface area contributed by atoms with E-state index >= 15 is 0 Å². The van der Waals surface area contributed by atoms with Gasteiger partial charge in [-0.15, -0.1) is 0 Å². The molecule has 302 valence electrons. The lowest BCUT2D eigenvalue weighted by atomic mass is 10.00. The first-order valence-electron chi connectivity index (χ1n) is 17.7. The molecule has 4 saturated heterocycles. The second-order valence-electron chi connectivity index (χ2n) is 15.2. The molecule has 10 atom stereocenters. The lowest BCUT2D eigenvalue weighted by Gasteiger charge is -2.30. The molecule has 0 aromatic carbocycles. The van der Waals surface area contributed by atoms with Crippen LogP contribution in [0.1, 0.15) is 74.1 Å². The van der Waals surface area contributed by atoms with Crippen molar-refractivity contribution in [2.75, 3.05) is 34.4 Å². The maximum absolute atomic E-state index is 13.3. The Morgan fingerprint density at radius 3 is 1.51 bits per heavy atom. The quantitative estimate of drug-likeness (QED) is 0.153. The Morgan fingerprint density at radius 2 is 1.08 bits per heavy atom. The molecular weight excluding hydrogens is 704 g/mol. The predicted molar refractivity (Wildman–Crippen MR) is 181 cm³/mol. The van der Waals surface area contributed by atoms with E-state index in [4.69, 9.17) is 42.6 Å². The van der Waals surface area contributed by atoms with Crippen molar-refractivity contribution in [3.63, 3.8) is 0 Å². The first kappa shape index (κ1) is 42.6. The van der Waals surface area contributed by atoms with Gasteiger partial charge in [-0.2, -0.15) is 0 Å². The molecule has 4 fully saturated rings. The van der Waals surface area contributed by atoms with Crippen LogP contribution in [0.25, 0.3) is 0 Å². The monoisotopic (exact) mass is 760 g/mol. The summed E-state index contributed by atoms with van der Waals surface area (Å²) in [4.78, 5) is 63.9. The van der Waals surface area contributed by atoms with Gasteiger partial charge in [-0.3, -0.25) is 19.2 Å². The van der Waals surface area contributed by atoms with E-state index in [1.54, 1.807) is 48.5 Å². The normalized spacial score (nSPS) is 30.8. The van der Waals surface area contributed by atoms with Gasteiger partial charge in [0.2, 0.25) is 17.7 Å². The van der Waals surface area contributed by atoms with Gasteiger partial charge in [0.1, 0.15) is 42.2 Å². The standard InChI is InChI=1S/C34H56N4O15/c1-32(2,3)53-31(43)38-18(24-26-28(30(46-10)48-24)52-34(6,7)50-26)16-21(41)35-13-11-19(39)37-17(15-20(40)36-14-12-22(42)44-8)23-25-27(29(45-9)47-23)51-33(4,5)49-25/h17-18,23-30H,11-16H2,1-10H3,(H,35,41)(H,36,40)(H,37,39)(H,38,43)/t17-,18-,23-,24-,25+,26+,27+,28+,29+,30+/m1/s1. The van der Waals surface area contributed by atoms with Crippen molar-refractivity contribution in [3.8, 4) is 0 Å². The Balaban J connectivity index is 1.39. The summed E-state index contributed by atoms with van der Waals surface area (Å²) in [5.74, 6) is -3.86. The average molecular weight is 761 g/mol. The van der Waals surface area contributed by atoms with Crippen LogP contribution >= 0.6 is 0 Å². The van der Waals surface area contributed by atoms with Gasteiger partial charge in [0, 0.05) is 46.6 Å². The number of amides is 4. The molecule has 19 nitrogen and oxygen atoms in total. The Bertz CT molecular complexity index is 1320. The van der Waals surface area contributed by atoms with Gasteiger partial charge in [0.15, 0.2) is 24.2 Å². The summed E-state index contributed by atoms with van der Waals surface area (Å²) in [6.07, 6.45) is -7.32. The molecule has 0 unspecified atom stereocenters. The summed E-state index contributed by atoms with van der Waals surface area (Å²) < 4.78 is 57.2. The van der Waals surface area contributed by atoms with Crippen LogP contribution in [0.5, 0.6) is 0 Å². The molecule has 0 saturated carbocycles. The molecule has 4 N–H and O–H groups in total. The predicted octanol–water partition coefficient (Wildman–Crippen LogP) is 0.113. The number of rotatable bonds is 16. The number of nitrogens with one attached hydrogen (secondary N) is 4. The highest BCUT2D eigenvalue weighted by atomic mass is 16.8. The molecule has 4 amide bonds. The topological polar surface area (TPSA) is 226 Å². The highest BCUT2D eigenvalue weighted by molar-refractivity contribution is 5.82. The summed E-state index contributed by atoms with van der Waals surface area (Å²) in [5, 5.41) is 10.9. The van der Waals surface area contributed by atoms with E-state index < -0.39 is 108 Å². The molecule has 4 aliphatic rings. The fraction of sp³-hybridized carbons (Fsp3) is 0.853. The molecule has 53 heavy (non-hydrogen) atoms. The molecule has 4 rings (SSSR count). The molecule has 0 aliphatic carbocycles. The summed E-state index contributed by atoms with van der Waals surface area (Å²) in [6, 6.07) is -1.83. The van der Waals surface area contributed by atoms with Gasteiger partial charge in [-0.25, -0.2) is 4.79 Å². The number of carbonyl (C=O) groups excluding carboxylic acids is 5. The molecule has 19 heteroatoms. The third kappa shape index (κ3) is 11.7. The first-order chi connectivity index (χ1) is 24.7. The average Bonchev–Trinajstić information content (AvgIpc) is 3.74. The van der Waals surface area contributed by atoms with Crippen LogP contribution in [0.3, 0.4) is 0 Å². The Hall–Kier alpha value is -3.17. The van der Waals surface area contributed by atoms with Crippen molar-refractivity contribution in [3.05, 3.63) is 0 Å². The van der Waals surface area contributed by atoms with Gasteiger partial charge < -0.3 is 68.6 Å². The third-order valence-electron chi connectivity index (χ3n) is 8.76. The molecular formula is C34H56N4O15. The van der Waals surface area contributed by atoms with Crippen LogP contribution in [0.4, 0.5) is 4.79 Å². The van der Waals surface area contributed by atoms with E-state index in [-0.39, 0.29) is 38.8 Å². The van der Waals surface area contributed by atoms with E-state index in [9.17, 15) is 24.0 Å². The molecule has 4 heterocycles. The minimum Gasteiger partial charge on any atom is -0.469 e. The Kier molecular flexibility index (Phi) is 14.1. The fourth-order valence-corrected chi connectivity index (χ4v) is 6.71. The highest BCUT2D eigenvalue weighted by Crippen LogP contribution is 2.41. The third-order valence-corrected chi connectivity index (χ3v) is 8.76. The van der Waals surface area contributed by atoms with E-state index in [0.29, 0.717) is 0 Å². The highest BCUT2D eigenvalue weighted by Gasteiger charge is 2.59. The number of alkyl carbamates (subject to hydrolysis) is 1. The van der Waals surface area contributed by atoms with Gasteiger partial charge in [0.05, 0.1) is 25.6 Å². The minimum atomic E-state index is -0.964. The minimum absolute atomic E-state index is 0.0310. The van der Waals surface area contributed by atoms with E-state index in [0.717, 1.165) is 0 Å². The molecule has 0 bridgehead atoms. The summed E-state index contributed by atoms with van der Waals surface area (Å²) in [5.41, 5.74) is -0.809. The Morgan fingerprint density at radius 1 is 0.642 bits per heavy atom. The van der Waals surface area contributed by atoms with Crippen molar-refractivity contribution >= 4 is 29.8 Å². The van der Waals surface area contributed by atoms with Crippen molar-refractivity contribution in [2.45, 2.75) is 153 Å². The van der Waals surface area contributed by atoms with Crippen molar-refractivity contribution in [1.82, 2.24) is 21.3 Å². The largest absolute Gasteiger partial charge is 0.469 e. The molecule has 0 spiro atoms. The Labute approximate surface area is 309 Å². The molecule has 0 aromatic rings. The van der Waals surface area contributed by atoms with Crippen molar-refractivity contribution < 1.29 is 71.3 Å². The molecule has 4 aliphatic heterocycles. The maximum Gasteiger partial charge on any atom is 0.407 e. The lowest BCUT2D eigenvalue weighted by molar-refractivity contribution is -0.230. The molecule has 0 aromatic heterocycles. The molecule has 0 radical (unpaired) electrons. The number of ether oxygens (including phenoxy) is 10. The van der Waals surface area contributed by atoms with Gasteiger partial charge in [-0.05, 0) is 48.5 Å². The van der Waals surface area contributed by atoms with Crippen LogP contribution in [0.2, 0.25) is 0 Å². The van der Waals surface area contributed by atoms with Crippen LogP contribution in [-0.4, -0.2) is 143 Å². The zero-order valence-electron chi connectivity index (χ0n) is 32.1. The van der Waals surface area contributed by atoms with Gasteiger partial charge in [0.25, 0.3) is 0 Å². The number of esters is 1. The van der Waals surface area contributed by atoms with Crippen molar-refractivity contribution in [1.29, 1.82) is 0 Å². The van der Waals surface area contributed by atoms with E-state index in [1.807, 2.05) is 0 Å². The van der Waals surface area contributed by atoms with Crippen LogP contribution < -0.4 is 21.3 Å². The van der Waals surface area contributed by atoms with E-state index in [1.165, 1.54) is 21.3 Å². The summed E-state index contributed by atoms with van der Waals surface area (Å²) in [6.45, 7) is 12.0. The second kappa shape index (κ2) is 17.5. The summed E-state index contributed by atoms with van der Waals surface area (Å²) >= 11 is 0. The van der Waals surface area contributed by atoms with Gasteiger partial charge >= 0.3 is 12.1 Å². The van der Waals surface area contributed by atoms with Crippen molar-refractivity contribution in [2.24, 2.45) is 0 Å². The van der Waals surface area contributed by atoms with Crippen LogP contribution in [0.15, 0.2) is 0 Å². The number of hydrogen-bond donors (Lipinski definition) is 4. The number of fused-ring (bicyclic) bond motifs is 2. The number of carbonyl (C=O) groups is 5. The fourth-order valence-electron chi connectivity index (χ4n) is 6.71. The van der Waals surface area contributed by atoms with Gasteiger partial charge in [-0.1, -0.05) is 0 Å². The lowest BCUT2D eigenvalue weighted by Crippen LogP contribution is -2.52. The zero-order valence-corrected chi connectivity index (χ0v) is 32.1. The maximum atomic E-state index is 13.3. The second-order valence-corrected chi connectivity index (χ2v) is 15.2. The summed E-state index contributed by atoms with van der Waals surface area (Å²) in [7, 11) is 4.15. The zero-order chi connectivity index (χ0) is 39.3.